The third kappa shape index (κ3) is 7.46. The van der Waals surface area contributed by atoms with E-state index in [0.717, 1.165) is 6.54 Å². The average Bonchev–Trinajstić information content (AvgIpc) is 2.42. The summed E-state index contributed by atoms with van der Waals surface area (Å²) in [5.41, 5.74) is 5.73. The topological polar surface area (TPSA) is 84.2 Å². The molecule has 0 aromatic rings. The Balaban J connectivity index is 2.19. The monoisotopic (exact) mass is 297 g/mol. The second-order valence-electron chi connectivity index (χ2n) is 6.50. The van der Waals surface area contributed by atoms with Crippen LogP contribution < -0.4 is 16.4 Å². The van der Waals surface area contributed by atoms with Crippen molar-refractivity contribution in [2.75, 3.05) is 13.1 Å². The maximum atomic E-state index is 11.8. The smallest absolute Gasteiger partial charge is 0.239 e. The number of amides is 2. The van der Waals surface area contributed by atoms with E-state index in [4.69, 9.17) is 5.73 Å². The first kappa shape index (κ1) is 18.0. The van der Waals surface area contributed by atoms with E-state index in [2.05, 4.69) is 10.6 Å². The Hall–Kier alpha value is -1.10. The van der Waals surface area contributed by atoms with Crippen molar-refractivity contribution in [1.29, 1.82) is 0 Å². The van der Waals surface area contributed by atoms with Crippen molar-refractivity contribution in [1.82, 2.24) is 10.6 Å². The molecule has 0 aromatic carbocycles. The van der Waals surface area contributed by atoms with Crippen LogP contribution in [0.25, 0.3) is 0 Å². The maximum Gasteiger partial charge on any atom is 0.239 e. The van der Waals surface area contributed by atoms with Gasteiger partial charge in [-0.15, -0.1) is 0 Å². The quantitative estimate of drug-likeness (QED) is 0.695. The average molecular weight is 297 g/mol. The van der Waals surface area contributed by atoms with Crippen LogP contribution in [-0.4, -0.2) is 30.9 Å². The van der Waals surface area contributed by atoms with Gasteiger partial charge in [0.15, 0.2) is 0 Å². The zero-order chi connectivity index (χ0) is 15.7. The summed E-state index contributed by atoms with van der Waals surface area (Å²) in [7, 11) is 0. The molecular weight excluding hydrogens is 266 g/mol. The van der Waals surface area contributed by atoms with Crippen LogP contribution in [0.3, 0.4) is 0 Å². The third-order valence-electron chi connectivity index (χ3n) is 4.26. The fraction of sp³-hybridized carbons (Fsp3) is 0.875. The van der Waals surface area contributed by atoms with E-state index in [-0.39, 0.29) is 24.3 Å². The van der Waals surface area contributed by atoms with Crippen molar-refractivity contribution in [3.63, 3.8) is 0 Å². The van der Waals surface area contributed by atoms with Crippen LogP contribution in [0.2, 0.25) is 0 Å². The van der Waals surface area contributed by atoms with Gasteiger partial charge >= 0.3 is 0 Å². The lowest BCUT2D eigenvalue weighted by Crippen LogP contribution is -2.47. The molecule has 2 amide bonds. The van der Waals surface area contributed by atoms with Gasteiger partial charge in [-0.05, 0) is 24.7 Å². The number of hydrogen-bond donors (Lipinski definition) is 3. The lowest BCUT2D eigenvalue weighted by atomic mass is 9.91. The van der Waals surface area contributed by atoms with E-state index in [9.17, 15) is 9.59 Å². The molecule has 0 bridgehead atoms. The lowest BCUT2D eigenvalue weighted by molar-refractivity contribution is -0.127. The molecule has 1 aliphatic carbocycles. The summed E-state index contributed by atoms with van der Waals surface area (Å²) in [5.74, 6) is 0.276. The van der Waals surface area contributed by atoms with Crippen LogP contribution in [0.5, 0.6) is 0 Å². The van der Waals surface area contributed by atoms with Crippen molar-refractivity contribution in [2.45, 2.75) is 64.8 Å². The van der Waals surface area contributed by atoms with Crippen LogP contribution in [0.15, 0.2) is 0 Å². The highest BCUT2D eigenvalue weighted by atomic mass is 16.2. The predicted octanol–water partition coefficient (Wildman–Crippen LogP) is 1.56. The van der Waals surface area contributed by atoms with E-state index in [1.807, 2.05) is 13.8 Å². The number of hydrogen-bond acceptors (Lipinski definition) is 3. The molecule has 0 spiro atoms. The zero-order valence-corrected chi connectivity index (χ0v) is 13.5. The molecule has 4 N–H and O–H groups in total. The minimum absolute atomic E-state index is 0.0198. The van der Waals surface area contributed by atoms with Gasteiger partial charge in [0.25, 0.3) is 0 Å². The van der Waals surface area contributed by atoms with Gasteiger partial charge in [0.05, 0.1) is 12.6 Å². The molecule has 1 saturated carbocycles. The minimum atomic E-state index is -0.552. The second kappa shape index (κ2) is 9.77. The summed E-state index contributed by atoms with van der Waals surface area (Å²) in [5, 5.41) is 5.53. The van der Waals surface area contributed by atoms with Crippen molar-refractivity contribution in [3.8, 4) is 0 Å². The molecule has 1 aliphatic rings. The van der Waals surface area contributed by atoms with Crippen LogP contribution in [0.1, 0.15) is 58.8 Å². The third-order valence-corrected chi connectivity index (χ3v) is 4.26. The predicted molar refractivity (Wildman–Crippen MR) is 84.6 cm³/mol. The molecule has 5 heteroatoms. The van der Waals surface area contributed by atoms with Gasteiger partial charge in [-0.3, -0.25) is 9.59 Å². The lowest BCUT2D eigenvalue weighted by Gasteiger charge is -2.20. The van der Waals surface area contributed by atoms with Crippen LogP contribution >= 0.6 is 0 Å². The first-order chi connectivity index (χ1) is 10.0. The van der Waals surface area contributed by atoms with Crippen molar-refractivity contribution in [3.05, 3.63) is 0 Å². The Morgan fingerprint density at radius 1 is 1.05 bits per heavy atom. The summed E-state index contributed by atoms with van der Waals surface area (Å²) in [6, 6.07) is -0.552. The van der Waals surface area contributed by atoms with Gasteiger partial charge < -0.3 is 16.4 Å². The van der Waals surface area contributed by atoms with Gasteiger partial charge in [-0.2, -0.15) is 0 Å². The maximum absolute atomic E-state index is 11.8. The molecule has 0 aliphatic heterocycles. The van der Waals surface area contributed by atoms with Crippen LogP contribution in [-0.2, 0) is 9.59 Å². The fourth-order valence-corrected chi connectivity index (χ4v) is 2.65. The summed E-state index contributed by atoms with van der Waals surface area (Å²) in [6.45, 7) is 4.52. The van der Waals surface area contributed by atoms with Crippen molar-refractivity contribution < 1.29 is 9.59 Å². The Morgan fingerprint density at radius 2 is 1.62 bits per heavy atom. The summed E-state index contributed by atoms with van der Waals surface area (Å²) < 4.78 is 0. The Bertz CT molecular complexity index is 323. The number of rotatable bonds is 6. The minimum Gasteiger partial charge on any atom is -0.354 e. The number of carbonyl (C=O) groups excluding carboxylic acids is 2. The number of nitrogens with one attached hydrogen (secondary N) is 2. The van der Waals surface area contributed by atoms with E-state index in [1.54, 1.807) is 0 Å². The van der Waals surface area contributed by atoms with E-state index >= 15 is 0 Å². The molecule has 1 fully saturated rings. The second-order valence-corrected chi connectivity index (χ2v) is 6.50. The molecule has 1 atom stereocenters. The SMILES string of the molecule is CC(C)[C@H](N)C(=O)NCC(=O)NCC1CCCCCCC1. The van der Waals surface area contributed by atoms with Crippen molar-refractivity contribution in [2.24, 2.45) is 17.6 Å². The molecule has 0 unspecified atom stereocenters. The first-order valence-electron chi connectivity index (χ1n) is 8.30. The fourth-order valence-electron chi connectivity index (χ4n) is 2.65. The zero-order valence-electron chi connectivity index (χ0n) is 13.5. The molecular formula is C16H31N3O2. The highest BCUT2D eigenvalue weighted by molar-refractivity contribution is 5.87. The molecule has 0 heterocycles. The molecule has 0 aromatic heterocycles. The summed E-state index contributed by atoms with van der Waals surface area (Å²) >= 11 is 0. The molecule has 21 heavy (non-hydrogen) atoms. The van der Waals surface area contributed by atoms with Gasteiger partial charge in [0.1, 0.15) is 0 Å². The Kier molecular flexibility index (Phi) is 8.35. The van der Waals surface area contributed by atoms with Gasteiger partial charge in [0.2, 0.25) is 11.8 Å². The molecule has 1 rings (SSSR count). The Labute approximate surface area is 128 Å². The number of carbonyl (C=O) groups is 2. The van der Waals surface area contributed by atoms with Gasteiger partial charge in [-0.1, -0.05) is 46.0 Å². The standard InChI is InChI=1S/C16H31N3O2/c1-12(2)15(17)16(21)19-11-14(20)18-10-13-8-6-4-3-5-7-9-13/h12-13,15H,3-11,17H2,1-2H3,(H,18,20)(H,19,21)/t15-/m0/s1. The first-order valence-corrected chi connectivity index (χ1v) is 8.30. The highest BCUT2D eigenvalue weighted by Crippen LogP contribution is 2.21. The summed E-state index contributed by atoms with van der Waals surface area (Å²) in [4.78, 5) is 23.4. The molecule has 122 valence electrons. The van der Waals surface area contributed by atoms with Gasteiger partial charge in [0, 0.05) is 6.54 Å². The van der Waals surface area contributed by atoms with Gasteiger partial charge in [-0.25, -0.2) is 0 Å². The van der Waals surface area contributed by atoms with Crippen LogP contribution in [0.4, 0.5) is 0 Å². The molecule has 0 saturated heterocycles. The largest absolute Gasteiger partial charge is 0.354 e. The molecule has 0 radical (unpaired) electrons. The number of nitrogens with two attached hydrogens (primary N) is 1. The molecule has 5 nitrogen and oxygen atoms in total. The van der Waals surface area contributed by atoms with Crippen LogP contribution in [0, 0.1) is 11.8 Å². The highest BCUT2D eigenvalue weighted by Gasteiger charge is 2.18. The van der Waals surface area contributed by atoms with E-state index < -0.39 is 6.04 Å². The van der Waals surface area contributed by atoms with E-state index in [0.29, 0.717) is 5.92 Å². The normalized spacial score (nSPS) is 18.7. The van der Waals surface area contributed by atoms with E-state index in [1.165, 1.54) is 44.9 Å². The summed E-state index contributed by atoms with van der Waals surface area (Å²) in [6.07, 6.45) is 8.90. The van der Waals surface area contributed by atoms with Crippen molar-refractivity contribution >= 4 is 11.8 Å². The Morgan fingerprint density at radius 3 is 2.19 bits per heavy atom.